The van der Waals surface area contributed by atoms with E-state index in [4.69, 9.17) is 22.9 Å². The number of nitrogens with two attached hydrogens (primary N) is 4. The summed E-state index contributed by atoms with van der Waals surface area (Å²) in [5.74, 6) is -4.16. The number of hydrogen-bond donors (Lipinski definition) is 8. The topological polar surface area (TPSA) is 270 Å². The molecule has 1 saturated heterocycles. The lowest BCUT2D eigenvalue weighted by atomic mass is 10.1. The number of aliphatic hydroxyl groups is 1. The van der Waals surface area contributed by atoms with E-state index in [-0.39, 0.29) is 44.7 Å². The summed E-state index contributed by atoms with van der Waals surface area (Å²) in [6.07, 6.45) is 0.950. The molecule has 4 amide bonds. The van der Waals surface area contributed by atoms with Gasteiger partial charge in [-0.25, -0.2) is 4.79 Å². The van der Waals surface area contributed by atoms with Gasteiger partial charge in [-0.15, -0.1) is 0 Å². The van der Waals surface area contributed by atoms with E-state index in [0.717, 1.165) is 0 Å². The van der Waals surface area contributed by atoms with Gasteiger partial charge in [-0.3, -0.25) is 24.2 Å². The van der Waals surface area contributed by atoms with E-state index >= 15 is 0 Å². The second-order valence-electron chi connectivity index (χ2n) is 7.89. The minimum atomic E-state index is -1.37. The van der Waals surface area contributed by atoms with E-state index in [9.17, 15) is 34.2 Å². The van der Waals surface area contributed by atoms with Crippen LogP contribution in [0.25, 0.3) is 0 Å². The van der Waals surface area contributed by atoms with Gasteiger partial charge < -0.3 is 48.7 Å². The smallest absolute Gasteiger partial charge is 0.326 e. The van der Waals surface area contributed by atoms with E-state index in [0.29, 0.717) is 12.8 Å². The number of amides is 4. The van der Waals surface area contributed by atoms with Gasteiger partial charge in [0.15, 0.2) is 5.96 Å². The van der Waals surface area contributed by atoms with Crippen LogP contribution in [0.4, 0.5) is 0 Å². The van der Waals surface area contributed by atoms with Crippen LogP contribution in [0.15, 0.2) is 4.99 Å². The Labute approximate surface area is 196 Å². The lowest BCUT2D eigenvalue weighted by molar-refractivity contribution is -0.145. The Hall–Kier alpha value is -3.46. The zero-order valence-electron chi connectivity index (χ0n) is 18.8. The van der Waals surface area contributed by atoms with Crippen LogP contribution in [0.3, 0.4) is 0 Å². The summed E-state index contributed by atoms with van der Waals surface area (Å²) < 4.78 is 0. The fourth-order valence-corrected chi connectivity index (χ4v) is 3.43. The number of aliphatic carboxylic acids is 1. The van der Waals surface area contributed by atoms with Gasteiger partial charge in [0.1, 0.15) is 18.1 Å². The van der Waals surface area contributed by atoms with E-state index in [2.05, 4.69) is 15.6 Å². The molecule has 0 aromatic rings. The van der Waals surface area contributed by atoms with Crippen LogP contribution in [0.5, 0.6) is 0 Å². The number of carboxylic acid groups (broad SMARTS) is 1. The number of aliphatic imine (C=N–C) groups is 1. The van der Waals surface area contributed by atoms with E-state index in [1.165, 1.54) is 4.90 Å². The highest BCUT2D eigenvalue weighted by molar-refractivity contribution is 5.94. The van der Waals surface area contributed by atoms with Gasteiger partial charge in [0.2, 0.25) is 23.6 Å². The highest BCUT2D eigenvalue weighted by Gasteiger charge is 2.38. The van der Waals surface area contributed by atoms with E-state index in [1.54, 1.807) is 0 Å². The monoisotopic (exact) mass is 486 g/mol. The Morgan fingerprint density at radius 1 is 1.06 bits per heavy atom. The molecule has 1 aliphatic heterocycles. The van der Waals surface area contributed by atoms with Crippen molar-refractivity contribution in [2.75, 3.05) is 19.7 Å². The molecule has 0 aromatic heterocycles. The standard InChI is InChI=1S/C19H34N8O7/c20-10(5-6-14(21)29)15(30)26-12(9-28)17(32)27-8-2-4-13(27)16(31)25-11(18(33)34)3-1-7-24-19(22)23/h10-13,28H,1-9,20H2,(H2,21,29)(H,25,31)(H,26,30)(H,33,34)(H4,22,23,24). The maximum atomic E-state index is 12.9. The number of carbonyl (C=O) groups excluding carboxylic acids is 4. The van der Waals surface area contributed by atoms with Crippen molar-refractivity contribution in [3.8, 4) is 0 Å². The molecule has 0 spiro atoms. The fourth-order valence-electron chi connectivity index (χ4n) is 3.43. The third-order valence-corrected chi connectivity index (χ3v) is 5.23. The van der Waals surface area contributed by atoms with Gasteiger partial charge >= 0.3 is 5.97 Å². The molecule has 0 radical (unpaired) electrons. The maximum Gasteiger partial charge on any atom is 0.326 e. The SMILES string of the molecule is NC(=O)CCC(N)C(=O)NC(CO)C(=O)N1CCCC1C(=O)NC(CCCN=C(N)N)C(=O)O. The van der Waals surface area contributed by atoms with Crippen molar-refractivity contribution in [1.82, 2.24) is 15.5 Å². The van der Waals surface area contributed by atoms with Crippen LogP contribution in [0.1, 0.15) is 38.5 Å². The predicted octanol–water partition coefficient (Wildman–Crippen LogP) is -4.33. The third kappa shape index (κ3) is 9.19. The van der Waals surface area contributed by atoms with Gasteiger partial charge in [0, 0.05) is 19.5 Å². The molecule has 15 nitrogen and oxygen atoms in total. The third-order valence-electron chi connectivity index (χ3n) is 5.23. The Bertz CT molecular complexity index is 787. The van der Waals surface area contributed by atoms with Crippen molar-refractivity contribution in [3.63, 3.8) is 0 Å². The summed E-state index contributed by atoms with van der Waals surface area (Å²) >= 11 is 0. The predicted molar refractivity (Wildman–Crippen MR) is 120 cm³/mol. The van der Waals surface area contributed by atoms with Gasteiger partial charge in [-0.1, -0.05) is 0 Å². The minimum absolute atomic E-state index is 0.0397. The zero-order chi connectivity index (χ0) is 25.8. The van der Waals surface area contributed by atoms with Crippen molar-refractivity contribution >= 4 is 35.6 Å². The maximum absolute atomic E-state index is 12.9. The second-order valence-corrected chi connectivity index (χ2v) is 7.89. The first-order valence-electron chi connectivity index (χ1n) is 10.8. The summed E-state index contributed by atoms with van der Waals surface area (Å²) in [4.78, 5) is 65.2. The molecule has 1 rings (SSSR count). The van der Waals surface area contributed by atoms with Crippen molar-refractivity contribution in [3.05, 3.63) is 0 Å². The van der Waals surface area contributed by atoms with E-state index < -0.39 is 60.4 Å². The largest absolute Gasteiger partial charge is 0.480 e. The van der Waals surface area contributed by atoms with Crippen LogP contribution in [-0.2, 0) is 24.0 Å². The Balaban J connectivity index is 2.76. The number of nitrogens with zero attached hydrogens (tertiary/aromatic N) is 2. The molecule has 0 aromatic carbocycles. The molecule has 15 heteroatoms. The molecule has 1 aliphatic rings. The molecule has 192 valence electrons. The molecule has 12 N–H and O–H groups in total. The number of carbonyl (C=O) groups is 5. The first-order chi connectivity index (χ1) is 16.0. The number of hydrogen-bond acceptors (Lipinski definition) is 8. The average Bonchev–Trinajstić information content (AvgIpc) is 3.26. The molecule has 0 saturated carbocycles. The molecule has 1 fully saturated rings. The lowest BCUT2D eigenvalue weighted by Gasteiger charge is -2.29. The molecule has 0 bridgehead atoms. The van der Waals surface area contributed by atoms with Crippen molar-refractivity contribution < 1.29 is 34.2 Å². The quantitative estimate of drug-likeness (QED) is 0.0664. The highest BCUT2D eigenvalue weighted by atomic mass is 16.4. The second kappa shape index (κ2) is 13.9. The number of rotatable bonds is 14. The van der Waals surface area contributed by atoms with Gasteiger partial charge in [0.05, 0.1) is 12.6 Å². The van der Waals surface area contributed by atoms with Crippen molar-refractivity contribution in [2.45, 2.75) is 62.7 Å². The van der Waals surface area contributed by atoms with E-state index in [1.807, 2.05) is 0 Å². The first kappa shape index (κ1) is 28.6. The first-order valence-corrected chi connectivity index (χ1v) is 10.8. The molecule has 4 unspecified atom stereocenters. The normalized spacial score (nSPS) is 17.8. The molecule has 0 aliphatic carbocycles. The van der Waals surface area contributed by atoms with Crippen LogP contribution >= 0.6 is 0 Å². The van der Waals surface area contributed by atoms with Crippen LogP contribution in [-0.4, -0.2) is 94.5 Å². The number of primary amides is 1. The van der Waals surface area contributed by atoms with Crippen molar-refractivity contribution in [2.24, 2.45) is 27.9 Å². The lowest BCUT2D eigenvalue weighted by Crippen LogP contribution is -2.57. The summed E-state index contributed by atoms with van der Waals surface area (Å²) in [5.41, 5.74) is 21.1. The molecular formula is C19H34N8O7. The molecule has 1 heterocycles. The van der Waals surface area contributed by atoms with Crippen LogP contribution in [0.2, 0.25) is 0 Å². The van der Waals surface area contributed by atoms with Gasteiger partial charge in [0.25, 0.3) is 0 Å². The van der Waals surface area contributed by atoms with Gasteiger partial charge in [-0.2, -0.15) is 0 Å². The Morgan fingerprint density at radius 2 is 1.74 bits per heavy atom. The molecule has 4 atom stereocenters. The minimum Gasteiger partial charge on any atom is -0.480 e. The number of nitrogens with one attached hydrogen (secondary N) is 2. The number of likely N-dealkylation sites (tertiary alicyclic amines) is 1. The summed E-state index contributed by atoms with van der Waals surface area (Å²) in [6, 6.07) is -4.67. The van der Waals surface area contributed by atoms with Crippen LogP contribution < -0.4 is 33.6 Å². The molecule has 34 heavy (non-hydrogen) atoms. The number of aliphatic hydroxyl groups excluding tert-OH is 1. The summed E-state index contributed by atoms with van der Waals surface area (Å²) in [6.45, 7) is -0.380. The highest BCUT2D eigenvalue weighted by Crippen LogP contribution is 2.19. The van der Waals surface area contributed by atoms with Gasteiger partial charge in [-0.05, 0) is 32.1 Å². The fraction of sp³-hybridized carbons (Fsp3) is 0.684. The van der Waals surface area contributed by atoms with Crippen molar-refractivity contribution in [1.29, 1.82) is 0 Å². The average molecular weight is 487 g/mol. The Morgan fingerprint density at radius 3 is 2.29 bits per heavy atom. The zero-order valence-corrected chi connectivity index (χ0v) is 18.8. The number of guanidine groups is 1. The Kier molecular flexibility index (Phi) is 11.7. The molecular weight excluding hydrogens is 452 g/mol. The van der Waals surface area contributed by atoms with Crippen LogP contribution in [0, 0.1) is 0 Å². The number of carboxylic acids is 1. The summed E-state index contributed by atoms with van der Waals surface area (Å²) in [7, 11) is 0. The summed E-state index contributed by atoms with van der Waals surface area (Å²) in [5, 5.41) is 23.8.